The standard InChI is InChI=1S/C13H12ClN5S/c1-15-5-8-2-3-9(4-10(8)14)20-13-11-12(17-6-16-11)18-7-19-13/h2-4,6-7,15H,5H2,1H3,(H,16,17,18,19). The van der Waals surface area contributed by atoms with Crippen LogP contribution in [0.1, 0.15) is 5.56 Å². The molecule has 0 amide bonds. The molecule has 2 N–H and O–H groups in total. The third-order valence-electron chi connectivity index (χ3n) is 2.79. The van der Waals surface area contributed by atoms with Crippen molar-refractivity contribution < 1.29 is 0 Å². The Hall–Kier alpha value is -1.63. The van der Waals surface area contributed by atoms with Gasteiger partial charge in [0.15, 0.2) is 5.65 Å². The molecular formula is C13H12ClN5S. The lowest BCUT2D eigenvalue weighted by Crippen LogP contribution is -2.05. The molecule has 2 heterocycles. The highest BCUT2D eigenvalue weighted by molar-refractivity contribution is 7.99. The zero-order valence-corrected chi connectivity index (χ0v) is 12.3. The van der Waals surface area contributed by atoms with Crippen LogP contribution in [-0.2, 0) is 6.54 Å². The number of benzene rings is 1. The van der Waals surface area contributed by atoms with Crippen molar-refractivity contribution in [3.05, 3.63) is 41.4 Å². The Kier molecular flexibility index (Phi) is 3.86. The molecule has 0 saturated carbocycles. The Labute approximate surface area is 125 Å². The summed E-state index contributed by atoms with van der Waals surface area (Å²) in [6, 6.07) is 6.00. The second-order valence-electron chi connectivity index (χ2n) is 4.17. The van der Waals surface area contributed by atoms with Gasteiger partial charge in [-0.3, -0.25) is 0 Å². The van der Waals surface area contributed by atoms with Crippen LogP contribution in [0.15, 0.2) is 40.8 Å². The number of halogens is 1. The minimum Gasteiger partial charge on any atom is -0.341 e. The van der Waals surface area contributed by atoms with Crippen LogP contribution in [0.3, 0.4) is 0 Å². The first-order valence-corrected chi connectivity index (χ1v) is 7.22. The van der Waals surface area contributed by atoms with E-state index in [4.69, 9.17) is 11.6 Å². The number of aromatic nitrogens is 4. The third kappa shape index (κ3) is 2.63. The molecule has 0 atom stereocenters. The molecule has 0 aliphatic heterocycles. The maximum Gasteiger partial charge on any atom is 0.181 e. The summed E-state index contributed by atoms with van der Waals surface area (Å²) in [5.74, 6) is 0. The first-order valence-electron chi connectivity index (χ1n) is 6.03. The van der Waals surface area contributed by atoms with Crippen LogP contribution < -0.4 is 5.32 Å². The van der Waals surface area contributed by atoms with E-state index in [0.717, 1.165) is 32.6 Å². The average molecular weight is 306 g/mol. The molecule has 20 heavy (non-hydrogen) atoms. The van der Waals surface area contributed by atoms with Gasteiger partial charge in [-0.15, -0.1) is 0 Å². The predicted molar refractivity (Wildman–Crippen MR) is 80.0 cm³/mol. The van der Waals surface area contributed by atoms with E-state index in [1.54, 1.807) is 6.33 Å². The van der Waals surface area contributed by atoms with Crippen LogP contribution in [-0.4, -0.2) is 27.0 Å². The molecule has 5 nitrogen and oxygen atoms in total. The molecule has 0 bridgehead atoms. The Morgan fingerprint density at radius 3 is 3.00 bits per heavy atom. The zero-order valence-electron chi connectivity index (χ0n) is 10.7. The predicted octanol–water partition coefficient (Wildman–Crippen LogP) is 2.88. The fraction of sp³-hybridized carbons (Fsp3) is 0.154. The fourth-order valence-corrected chi connectivity index (χ4v) is 3.06. The molecule has 3 aromatic rings. The topological polar surface area (TPSA) is 66.5 Å². The molecule has 0 saturated heterocycles. The van der Waals surface area contributed by atoms with Crippen molar-refractivity contribution in [1.29, 1.82) is 0 Å². The van der Waals surface area contributed by atoms with Gasteiger partial charge in [0, 0.05) is 16.5 Å². The number of H-pyrrole nitrogens is 1. The normalized spacial score (nSPS) is 11.1. The lowest BCUT2D eigenvalue weighted by molar-refractivity contribution is 0.817. The largest absolute Gasteiger partial charge is 0.341 e. The van der Waals surface area contributed by atoms with E-state index in [9.17, 15) is 0 Å². The van der Waals surface area contributed by atoms with Gasteiger partial charge in [-0.2, -0.15) is 0 Å². The van der Waals surface area contributed by atoms with Crippen molar-refractivity contribution in [3.8, 4) is 0 Å². The van der Waals surface area contributed by atoms with Crippen molar-refractivity contribution in [2.75, 3.05) is 7.05 Å². The van der Waals surface area contributed by atoms with E-state index in [1.807, 2.05) is 25.2 Å². The maximum absolute atomic E-state index is 6.27. The van der Waals surface area contributed by atoms with E-state index < -0.39 is 0 Å². The second kappa shape index (κ2) is 5.78. The Bertz CT molecular complexity index is 742. The highest BCUT2D eigenvalue weighted by Gasteiger charge is 2.09. The van der Waals surface area contributed by atoms with Crippen molar-refractivity contribution in [2.45, 2.75) is 16.5 Å². The minimum atomic E-state index is 0.667. The van der Waals surface area contributed by atoms with Crippen LogP contribution >= 0.6 is 23.4 Å². The van der Waals surface area contributed by atoms with Gasteiger partial charge in [-0.25, -0.2) is 15.0 Å². The smallest absolute Gasteiger partial charge is 0.181 e. The van der Waals surface area contributed by atoms with Crippen LogP contribution in [0.25, 0.3) is 11.2 Å². The molecule has 7 heteroatoms. The van der Waals surface area contributed by atoms with Gasteiger partial charge in [0.05, 0.1) is 6.33 Å². The lowest BCUT2D eigenvalue weighted by atomic mass is 10.2. The van der Waals surface area contributed by atoms with Crippen LogP contribution in [0.2, 0.25) is 5.02 Å². The summed E-state index contributed by atoms with van der Waals surface area (Å²) < 4.78 is 0. The summed E-state index contributed by atoms with van der Waals surface area (Å²) in [5, 5.41) is 4.68. The molecule has 3 rings (SSSR count). The fourth-order valence-electron chi connectivity index (χ4n) is 1.86. The van der Waals surface area contributed by atoms with Gasteiger partial charge < -0.3 is 10.3 Å². The van der Waals surface area contributed by atoms with E-state index in [-0.39, 0.29) is 0 Å². The summed E-state index contributed by atoms with van der Waals surface area (Å²) in [5.41, 5.74) is 2.58. The quantitative estimate of drug-likeness (QED) is 0.726. The van der Waals surface area contributed by atoms with Crippen LogP contribution in [0.4, 0.5) is 0 Å². The SMILES string of the molecule is CNCc1ccc(Sc2ncnc3nc[nH]c23)cc1Cl. The van der Waals surface area contributed by atoms with Crippen LogP contribution in [0, 0.1) is 0 Å². The van der Waals surface area contributed by atoms with Crippen molar-refractivity contribution in [3.63, 3.8) is 0 Å². The van der Waals surface area contributed by atoms with E-state index in [2.05, 4.69) is 25.3 Å². The molecule has 0 aliphatic carbocycles. The minimum absolute atomic E-state index is 0.667. The molecular weight excluding hydrogens is 294 g/mol. The first kappa shape index (κ1) is 13.4. The van der Waals surface area contributed by atoms with Crippen molar-refractivity contribution in [1.82, 2.24) is 25.3 Å². The Balaban J connectivity index is 1.91. The number of rotatable bonds is 4. The van der Waals surface area contributed by atoms with Crippen molar-refractivity contribution >= 4 is 34.5 Å². The number of nitrogens with one attached hydrogen (secondary N) is 2. The number of nitrogens with zero attached hydrogens (tertiary/aromatic N) is 3. The summed E-state index contributed by atoms with van der Waals surface area (Å²) in [6.07, 6.45) is 3.13. The second-order valence-corrected chi connectivity index (χ2v) is 5.63. The Morgan fingerprint density at radius 1 is 1.30 bits per heavy atom. The van der Waals surface area contributed by atoms with Gasteiger partial charge in [0.25, 0.3) is 0 Å². The monoisotopic (exact) mass is 305 g/mol. The number of hydrogen-bond acceptors (Lipinski definition) is 5. The molecule has 1 aromatic carbocycles. The lowest BCUT2D eigenvalue weighted by Gasteiger charge is -2.06. The van der Waals surface area contributed by atoms with Gasteiger partial charge >= 0.3 is 0 Å². The summed E-state index contributed by atoms with van der Waals surface area (Å²) in [4.78, 5) is 16.6. The van der Waals surface area contributed by atoms with Gasteiger partial charge in [0.1, 0.15) is 16.9 Å². The molecule has 0 radical (unpaired) electrons. The highest BCUT2D eigenvalue weighted by atomic mass is 35.5. The maximum atomic E-state index is 6.27. The highest BCUT2D eigenvalue weighted by Crippen LogP contribution is 2.32. The summed E-state index contributed by atoms with van der Waals surface area (Å²) in [6.45, 7) is 0.752. The first-order chi connectivity index (χ1) is 9.78. The molecule has 0 spiro atoms. The number of aromatic amines is 1. The van der Waals surface area contributed by atoms with E-state index in [1.165, 1.54) is 18.1 Å². The van der Waals surface area contributed by atoms with Gasteiger partial charge in [-0.1, -0.05) is 29.4 Å². The molecule has 0 unspecified atom stereocenters. The molecule has 2 aromatic heterocycles. The number of fused-ring (bicyclic) bond motifs is 1. The molecule has 0 fully saturated rings. The van der Waals surface area contributed by atoms with Crippen LogP contribution in [0.5, 0.6) is 0 Å². The van der Waals surface area contributed by atoms with E-state index in [0.29, 0.717) is 5.65 Å². The summed E-state index contributed by atoms with van der Waals surface area (Å²) >= 11 is 7.80. The molecule has 102 valence electrons. The Morgan fingerprint density at radius 2 is 2.20 bits per heavy atom. The average Bonchev–Trinajstić information content (AvgIpc) is 2.91. The molecule has 0 aliphatic rings. The van der Waals surface area contributed by atoms with Gasteiger partial charge in [0.2, 0.25) is 0 Å². The van der Waals surface area contributed by atoms with E-state index >= 15 is 0 Å². The zero-order chi connectivity index (χ0) is 13.9. The number of imidazole rings is 1. The number of hydrogen-bond donors (Lipinski definition) is 2. The van der Waals surface area contributed by atoms with Crippen molar-refractivity contribution in [2.24, 2.45) is 0 Å². The summed E-state index contributed by atoms with van der Waals surface area (Å²) in [7, 11) is 1.90. The third-order valence-corrected chi connectivity index (χ3v) is 4.14. The van der Waals surface area contributed by atoms with Gasteiger partial charge in [-0.05, 0) is 24.7 Å².